The number of halogens is 1. The average Bonchev–Trinajstić information content (AvgIpc) is 2.88. The zero-order valence-electron chi connectivity index (χ0n) is 11.2. The lowest BCUT2D eigenvalue weighted by Crippen LogP contribution is -2.43. The van der Waals surface area contributed by atoms with Crippen LogP contribution in [0.4, 0.5) is 4.39 Å². The van der Waals surface area contributed by atoms with E-state index in [1.165, 1.54) is 18.6 Å². The predicted octanol–water partition coefficient (Wildman–Crippen LogP) is 2.47. The molecule has 2 heterocycles. The number of rotatable bonds is 3. The quantitative estimate of drug-likeness (QED) is 0.931. The van der Waals surface area contributed by atoms with Crippen molar-refractivity contribution >= 4 is 0 Å². The lowest BCUT2D eigenvalue weighted by molar-refractivity contribution is 0.261. The third-order valence-electron chi connectivity index (χ3n) is 3.78. The maximum atomic E-state index is 12.8. The third-order valence-corrected chi connectivity index (χ3v) is 3.78. The first-order chi connectivity index (χ1) is 9.65. The normalized spacial score (nSPS) is 18.1. The van der Waals surface area contributed by atoms with Crippen molar-refractivity contribution in [3.8, 4) is 11.5 Å². The van der Waals surface area contributed by atoms with Gasteiger partial charge in [0, 0.05) is 12.0 Å². The van der Waals surface area contributed by atoms with Gasteiger partial charge in [-0.1, -0.05) is 24.4 Å². The zero-order chi connectivity index (χ0) is 14.0. The summed E-state index contributed by atoms with van der Waals surface area (Å²) in [5.41, 5.74) is 6.62. The van der Waals surface area contributed by atoms with Crippen molar-refractivity contribution < 1.29 is 8.91 Å². The predicted molar refractivity (Wildman–Crippen MR) is 71.2 cm³/mol. The van der Waals surface area contributed by atoms with Gasteiger partial charge in [-0.2, -0.15) is 4.98 Å². The fraction of sp³-hybridized carbons (Fsp3) is 0.500. The number of hydrogen-bond donors (Lipinski definition) is 1. The summed E-state index contributed by atoms with van der Waals surface area (Å²) >= 11 is 0. The Morgan fingerprint density at radius 1 is 1.25 bits per heavy atom. The standard InChI is InChI=1S/C14H17FN4O/c15-10-4-5-11(17-9-10)13-18-12(20-19-13)8-14(16)6-2-1-3-7-14/h4-5,9H,1-3,6-8,16H2. The number of aromatic nitrogens is 3. The van der Waals surface area contributed by atoms with Gasteiger partial charge in [-0.05, 0) is 25.0 Å². The summed E-state index contributed by atoms with van der Waals surface area (Å²) in [5.74, 6) is 0.510. The number of pyridine rings is 1. The van der Waals surface area contributed by atoms with E-state index >= 15 is 0 Å². The highest BCUT2D eigenvalue weighted by atomic mass is 19.1. The maximum absolute atomic E-state index is 12.8. The van der Waals surface area contributed by atoms with Crippen molar-refractivity contribution in [3.05, 3.63) is 30.0 Å². The smallest absolute Gasteiger partial charge is 0.228 e. The molecular formula is C14H17FN4O. The van der Waals surface area contributed by atoms with Gasteiger partial charge in [0.25, 0.3) is 0 Å². The van der Waals surface area contributed by atoms with Crippen LogP contribution in [0.2, 0.25) is 0 Å². The van der Waals surface area contributed by atoms with Gasteiger partial charge >= 0.3 is 0 Å². The molecule has 2 N–H and O–H groups in total. The second-order valence-electron chi connectivity index (χ2n) is 5.47. The van der Waals surface area contributed by atoms with E-state index in [1.54, 1.807) is 0 Å². The minimum Gasteiger partial charge on any atom is -0.339 e. The fourth-order valence-electron chi connectivity index (χ4n) is 2.67. The van der Waals surface area contributed by atoms with Crippen molar-refractivity contribution in [1.82, 2.24) is 15.1 Å². The SMILES string of the molecule is NC1(Cc2nc(-c3ccc(F)cn3)no2)CCCCC1. The summed E-state index contributed by atoms with van der Waals surface area (Å²) in [4.78, 5) is 8.24. The van der Waals surface area contributed by atoms with Gasteiger partial charge in [0.05, 0.1) is 6.20 Å². The molecule has 0 aliphatic heterocycles. The maximum Gasteiger partial charge on any atom is 0.228 e. The molecule has 0 radical (unpaired) electrons. The van der Waals surface area contributed by atoms with E-state index in [9.17, 15) is 4.39 Å². The lowest BCUT2D eigenvalue weighted by Gasteiger charge is -2.31. The van der Waals surface area contributed by atoms with Gasteiger partial charge < -0.3 is 10.3 Å². The molecule has 1 fully saturated rings. The van der Waals surface area contributed by atoms with Crippen LogP contribution in [0, 0.1) is 5.82 Å². The van der Waals surface area contributed by atoms with Gasteiger partial charge in [0.1, 0.15) is 11.5 Å². The second kappa shape index (κ2) is 5.28. The molecule has 0 amide bonds. The van der Waals surface area contributed by atoms with Crippen LogP contribution in [-0.4, -0.2) is 20.7 Å². The summed E-state index contributed by atoms with van der Waals surface area (Å²) < 4.78 is 18.1. The van der Waals surface area contributed by atoms with Crippen molar-refractivity contribution in [2.24, 2.45) is 5.73 Å². The largest absolute Gasteiger partial charge is 0.339 e. The highest BCUT2D eigenvalue weighted by Gasteiger charge is 2.30. The Hall–Kier alpha value is -1.82. The first-order valence-electron chi connectivity index (χ1n) is 6.88. The number of nitrogens with zero attached hydrogens (tertiary/aromatic N) is 3. The van der Waals surface area contributed by atoms with Gasteiger partial charge in [-0.15, -0.1) is 0 Å². The van der Waals surface area contributed by atoms with Gasteiger partial charge in [0.15, 0.2) is 0 Å². The van der Waals surface area contributed by atoms with E-state index in [2.05, 4.69) is 15.1 Å². The van der Waals surface area contributed by atoms with Crippen LogP contribution in [0.3, 0.4) is 0 Å². The first-order valence-corrected chi connectivity index (χ1v) is 6.88. The van der Waals surface area contributed by atoms with Crippen molar-refractivity contribution in [2.45, 2.75) is 44.1 Å². The lowest BCUT2D eigenvalue weighted by atomic mass is 9.80. The molecule has 20 heavy (non-hydrogen) atoms. The molecule has 6 heteroatoms. The van der Waals surface area contributed by atoms with E-state index in [-0.39, 0.29) is 11.4 Å². The first kappa shape index (κ1) is 13.2. The Labute approximate surface area is 116 Å². The third kappa shape index (κ3) is 2.85. The summed E-state index contributed by atoms with van der Waals surface area (Å²) in [6.07, 6.45) is 7.23. The minimum atomic E-state index is -0.388. The molecule has 0 spiro atoms. The summed E-state index contributed by atoms with van der Waals surface area (Å²) in [6, 6.07) is 2.85. The van der Waals surface area contributed by atoms with Crippen LogP contribution in [0.15, 0.2) is 22.9 Å². The Kier molecular flexibility index (Phi) is 3.48. The van der Waals surface area contributed by atoms with Crippen molar-refractivity contribution in [3.63, 3.8) is 0 Å². The highest BCUT2D eigenvalue weighted by molar-refractivity contribution is 5.47. The monoisotopic (exact) mass is 276 g/mol. The summed E-state index contributed by atoms with van der Waals surface area (Å²) in [6.45, 7) is 0. The van der Waals surface area contributed by atoms with E-state index in [1.807, 2.05) is 0 Å². The van der Waals surface area contributed by atoms with Crippen LogP contribution in [-0.2, 0) is 6.42 Å². The highest BCUT2D eigenvalue weighted by Crippen LogP contribution is 2.29. The molecule has 2 aromatic rings. The molecule has 3 rings (SSSR count). The molecule has 0 bridgehead atoms. The Morgan fingerprint density at radius 3 is 2.75 bits per heavy atom. The number of hydrogen-bond acceptors (Lipinski definition) is 5. The van der Waals surface area contributed by atoms with Gasteiger partial charge in [0.2, 0.25) is 11.7 Å². The van der Waals surface area contributed by atoms with Crippen LogP contribution in [0.5, 0.6) is 0 Å². The van der Waals surface area contributed by atoms with Crippen molar-refractivity contribution in [2.75, 3.05) is 0 Å². The zero-order valence-corrected chi connectivity index (χ0v) is 11.2. The van der Waals surface area contributed by atoms with Gasteiger partial charge in [-0.25, -0.2) is 9.37 Å². The Morgan fingerprint density at radius 2 is 2.05 bits per heavy atom. The van der Waals surface area contributed by atoms with Crippen LogP contribution in [0.25, 0.3) is 11.5 Å². The Balaban J connectivity index is 1.75. The molecule has 0 aromatic carbocycles. The molecular weight excluding hydrogens is 259 g/mol. The molecule has 1 saturated carbocycles. The molecule has 2 aromatic heterocycles. The Bertz CT molecular complexity index is 575. The number of nitrogens with two attached hydrogens (primary N) is 1. The topological polar surface area (TPSA) is 77.8 Å². The molecule has 1 aliphatic carbocycles. The van der Waals surface area contributed by atoms with E-state index in [4.69, 9.17) is 10.3 Å². The van der Waals surface area contributed by atoms with E-state index < -0.39 is 0 Å². The van der Waals surface area contributed by atoms with Gasteiger partial charge in [-0.3, -0.25) is 0 Å². The second-order valence-corrected chi connectivity index (χ2v) is 5.47. The van der Waals surface area contributed by atoms with Crippen molar-refractivity contribution in [1.29, 1.82) is 0 Å². The molecule has 1 aliphatic rings. The summed E-state index contributed by atoms with van der Waals surface area (Å²) in [7, 11) is 0. The van der Waals surface area contributed by atoms with E-state index in [0.29, 0.717) is 23.8 Å². The molecule has 0 atom stereocenters. The molecule has 0 saturated heterocycles. The minimum absolute atomic E-state index is 0.238. The fourth-order valence-corrected chi connectivity index (χ4v) is 2.67. The summed E-state index contributed by atoms with van der Waals surface area (Å²) in [5, 5.41) is 3.89. The van der Waals surface area contributed by atoms with E-state index in [0.717, 1.165) is 31.9 Å². The van der Waals surface area contributed by atoms with Crippen LogP contribution >= 0.6 is 0 Å². The average molecular weight is 276 g/mol. The molecule has 0 unspecified atom stereocenters. The van der Waals surface area contributed by atoms with Crippen LogP contribution < -0.4 is 5.73 Å². The van der Waals surface area contributed by atoms with Crippen LogP contribution in [0.1, 0.15) is 38.0 Å². The molecule has 5 nitrogen and oxygen atoms in total. The molecule has 106 valence electrons.